The van der Waals surface area contributed by atoms with Crippen molar-refractivity contribution in [3.63, 3.8) is 0 Å². The number of aromatic nitrogens is 2. The molecule has 0 unspecified atom stereocenters. The largest absolute Gasteiger partial charge is 0.329 e. The number of aryl methyl sites for hydroxylation is 1. The molecule has 1 aromatic carbocycles. The number of rotatable bonds is 4. The maximum absolute atomic E-state index is 11.3. The van der Waals surface area contributed by atoms with Crippen LogP contribution in [-0.2, 0) is 22.0 Å². The minimum Gasteiger partial charge on any atom is -0.329 e. The van der Waals surface area contributed by atoms with Crippen LogP contribution in [0.4, 0.5) is 0 Å². The zero-order chi connectivity index (χ0) is 14.0. The third-order valence-electron chi connectivity index (χ3n) is 2.65. The van der Waals surface area contributed by atoms with Crippen molar-refractivity contribution in [3.05, 3.63) is 46.3 Å². The molecule has 0 radical (unpaired) electrons. The molecule has 102 valence electrons. The molecule has 0 amide bonds. The van der Waals surface area contributed by atoms with Crippen molar-refractivity contribution in [2.24, 2.45) is 0 Å². The highest BCUT2D eigenvalue weighted by molar-refractivity contribution is 9.10. The van der Waals surface area contributed by atoms with Gasteiger partial charge in [-0.15, -0.1) is 0 Å². The molecular formula is C12H12BrClN2O2S. The van der Waals surface area contributed by atoms with Crippen molar-refractivity contribution in [3.8, 4) is 0 Å². The summed E-state index contributed by atoms with van der Waals surface area (Å²) < 4.78 is 25.4. The fourth-order valence-electron chi connectivity index (χ4n) is 1.80. The van der Waals surface area contributed by atoms with E-state index in [1.165, 1.54) is 6.20 Å². The Hall–Kier alpha value is -0.850. The Balaban J connectivity index is 2.37. The van der Waals surface area contributed by atoms with Crippen LogP contribution in [0.2, 0.25) is 0 Å². The molecule has 0 atom stereocenters. The van der Waals surface area contributed by atoms with Crippen LogP contribution in [0.1, 0.15) is 18.3 Å². The van der Waals surface area contributed by atoms with Crippen molar-refractivity contribution >= 4 is 35.7 Å². The van der Waals surface area contributed by atoms with Crippen molar-refractivity contribution in [1.29, 1.82) is 0 Å². The first-order valence-corrected chi connectivity index (χ1v) is 8.75. The van der Waals surface area contributed by atoms with Gasteiger partial charge in [0.05, 0.1) is 0 Å². The molecule has 0 spiro atoms. The number of hydrogen-bond donors (Lipinski definition) is 0. The van der Waals surface area contributed by atoms with E-state index in [1.807, 2.05) is 31.2 Å². The average molecular weight is 364 g/mol. The number of nitrogens with zero attached hydrogens (tertiary/aromatic N) is 2. The lowest BCUT2D eigenvalue weighted by molar-refractivity contribution is 0.606. The number of halogens is 2. The van der Waals surface area contributed by atoms with Crippen LogP contribution in [0.3, 0.4) is 0 Å². The minimum atomic E-state index is -3.78. The summed E-state index contributed by atoms with van der Waals surface area (Å²) >= 11 is 3.41. The van der Waals surface area contributed by atoms with E-state index in [0.717, 1.165) is 10.0 Å². The van der Waals surface area contributed by atoms with Crippen LogP contribution in [0, 0.1) is 0 Å². The Bertz CT molecular complexity index is 698. The Morgan fingerprint density at radius 1 is 1.42 bits per heavy atom. The van der Waals surface area contributed by atoms with Crippen LogP contribution in [0.25, 0.3) is 0 Å². The predicted octanol–water partition coefficient (Wildman–Crippen LogP) is 3.18. The van der Waals surface area contributed by atoms with Gasteiger partial charge < -0.3 is 4.57 Å². The van der Waals surface area contributed by atoms with Crippen molar-refractivity contribution < 1.29 is 8.42 Å². The maximum Gasteiger partial charge on any atom is 0.280 e. The van der Waals surface area contributed by atoms with Crippen molar-refractivity contribution in [2.75, 3.05) is 0 Å². The molecule has 1 heterocycles. The zero-order valence-corrected chi connectivity index (χ0v) is 13.3. The van der Waals surface area contributed by atoms with Gasteiger partial charge in [0.2, 0.25) is 0 Å². The first-order chi connectivity index (χ1) is 8.90. The quantitative estimate of drug-likeness (QED) is 0.784. The molecule has 0 aliphatic heterocycles. The summed E-state index contributed by atoms with van der Waals surface area (Å²) in [6.45, 7) is 2.48. The molecule has 0 N–H and O–H groups in total. The SMILES string of the molecule is CCc1nc(S(=O)(=O)Cl)cn1Cc1cccc(Br)c1. The van der Waals surface area contributed by atoms with Crippen molar-refractivity contribution in [1.82, 2.24) is 9.55 Å². The van der Waals surface area contributed by atoms with E-state index in [0.29, 0.717) is 18.8 Å². The molecule has 0 bridgehead atoms. The lowest BCUT2D eigenvalue weighted by Gasteiger charge is -2.06. The second-order valence-electron chi connectivity index (χ2n) is 4.04. The molecular weight excluding hydrogens is 352 g/mol. The molecule has 4 nitrogen and oxygen atoms in total. The summed E-state index contributed by atoms with van der Waals surface area (Å²) in [5, 5.41) is -0.0963. The number of imidazole rings is 1. The molecule has 0 fully saturated rings. The van der Waals surface area contributed by atoms with Gasteiger partial charge in [-0.2, -0.15) is 0 Å². The van der Waals surface area contributed by atoms with E-state index in [4.69, 9.17) is 10.7 Å². The first kappa shape index (κ1) is 14.6. The molecule has 0 aliphatic carbocycles. The summed E-state index contributed by atoms with van der Waals surface area (Å²) in [5.74, 6) is 0.694. The van der Waals surface area contributed by atoms with E-state index < -0.39 is 9.05 Å². The van der Waals surface area contributed by atoms with Gasteiger partial charge in [0.15, 0.2) is 5.03 Å². The molecule has 19 heavy (non-hydrogen) atoms. The lowest BCUT2D eigenvalue weighted by atomic mass is 10.2. The highest BCUT2D eigenvalue weighted by Gasteiger charge is 2.17. The average Bonchev–Trinajstić information content (AvgIpc) is 2.72. The van der Waals surface area contributed by atoms with Gasteiger partial charge in [0.1, 0.15) is 5.82 Å². The molecule has 0 saturated heterocycles. The molecule has 0 aliphatic rings. The summed E-state index contributed by atoms with van der Waals surface area (Å²) in [6, 6.07) is 7.82. The fourth-order valence-corrected chi connectivity index (χ4v) is 2.93. The molecule has 2 rings (SSSR count). The monoisotopic (exact) mass is 362 g/mol. The van der Waals surface area contributed by atoms with Gasteiger partial charge in [0, 0.05) is 34.3 Å². The Labute approximate surface area is 125 Å². The van der Waals surface area contributed by atoms with Gasteiger partial charge >= 0.3 is 0 Å². The normalized spacial score (nSPS) is 11.7. The minimum absolute atomic E-state index is 0.0963. The smallest absolute Gasteiger partial charge is 0.280 e. The van der Waals surface area contributed by atoms with Crippen molar-refractivity contribution in [2.45, 2.75) is 24.9 Å². The van der Waals surface area contributed by atoms with Crippen LogP contribution >= 0.6 is 26.6 Å². The lowest BCUT2D eigenvalue weighted by Crippen LogP contribution is -2.03. The van der Waals surface area contributed by atoms with E-state index in [1.54, 1.807) is 4.57 Å². The van der Waals surface area contributed by atoms with Crippen LogP contribution in [0.15, 0.2) is 40.0 Å². The van der Waals surface area contributed by atoms with E-state index in [9.17, 15) is 8.42 Å². The topological polar surface area (TPSA) is 52.0 Å². The van der Waals surface area contributed by atoms with Crippen LogP contribution < -0.4 is 0 Å². The first-order valence-electron chi connectivity index (χ1n) is 5.65. The standard InChI is InChI=1S/C12H12BrClN2O2S/c1-2-11-15-12(19(14,17)18)8-16(11)7-9-4-3-5-10(13)6-9/h3-6,8H,2,7H2,1H3. The fraction of sp³-hybridized carbons (Fsp3) is 0.250. The summed E-state index contributed by atoms with van der Waals surface area (Å²) in [6.07, 6.45) is 2.11. The predicted molar refractivity (Wildman–Crippen MR) is 77.9 cm³/mol. The van der Waals surface area contributed by atoms with Gasteiger partial charge in [-0.3, -0.25) is 0 Å². The Morgan fingerprint density at radius 3 is 2.74 bits per heavy atom. The molecule has 0 saturated carbocycles. The molecule has 1 aromatic heterocycles. The summed E-state index contributed by atoms with van der Waals surface area (Å²) in [5.41, 5.74) is 1.06. The molecule has 7 heteroatoms. The van der Waals surface area contributed by atoms with Crippen LogP contribution in [0.5, 0.6) is 0 Å². The summed E-state index contributed by atoms with van der Waals surface area (Å²) in [4.78, 5) is 4.05. The van der Waals surface area contributed by atoms with E-state index >= 15 is 0 Å². The zero-order valence-electron chi connectivity index (χ0n) is 10.2. The van der Waals surface area contributed by atoms with Gasteiger partial charge in [-0.25, -0.2) is 13.4 Å². The summed E-state index contributed by atoms with van der Waals surface area (Å²) in [7, 11) is 1.53. The van der Waals surface area contributed by atoms with Gasteiger partial charge in [-0.05, 0) is 17.7 Å². The van der Waals surface area contributed by atoms with E-state index in [-0.39, 0.29) is 5.03 Å². The van der Waals surface area contributed by atoms with Crippen LogP contribution in [-0.4, -0.2) is 18.0 Å². The third kappa shape index (κ3) is 3.58. The molecule has 2 aromatic rings. The third-order valence-corrected chi connectivity index (χ3v) is 4.31. The maximum atomic E-state index is 11.3. The van der Waals surface area contributed by atoms with Gasteiger partial charge in [0.25, 0.3) is 9.05 Å². The Morgan fingerprint density at radius 2 is 2.16 bits per heavy atom. The van der Waals surface area contributed by atoms with Gasteiger partial charge in [-0.1, -0.05) is 35.0 Å². The highest BCUT2D eigenvalue weighted by atomic mass is 79.9. The highest BCUT2D eigenvalue weighted by Crippen LogP contribution is 2.18. The van der Waals surface area contributed by atoms with E-state index in [2.05, 4.69) is 20.9 Å². The Kier molecular flexibility index (Phi) is 4.32. The second kappa shape index (κ2) is 5.64. The number of benzene rings is 1. The number of hydrogen-bond acceptors (Lipinski definition) is 3. The second-order valence-corrected chi connectivity index (χ2v) is 7.47.